The van der Waals surface area contributed by atoms with Gasteiger partial charge in [-0.3, -0.25) is 14.5 Å². The van der Waals surface area contributed by atoms with Gasteiger partial charge in [0.05, 0.1) is 11.4 Å². The fraction of sp³-hybridized carbons (Fsp3) is 0.148. The molecule has 0 aliphatic carbocycles. The minimum absolute atomic E-state index is 0.0123. The number of aryl methyl sites for hydroxylation is 1. The highest BCUT2D eigenvalue weighted by Gasteiger charge is 2.32. The summed E-state index contributed by atoms with van der Waals surface area (Å²) in [6.07, 6.45) is 1.65. The van der Waals surface area contributed by atoms with Crippen LogP contribution in [0.5, 0.6) is 17.2 Å². The molecule has 2 amide bonds. The van der Waals surface area contributed by atoms with Crippen LogP contribution >= 0.6 is 11.8 Å². The van der Waals surface area contributed by atoms with Crippen LogP contribution in [0.25, 0.3) is 6.08 Å². The molecule has 0 fully saturated rings. The van der Waals surface area contributed by atoms with Crippen molar-refractivity contribution in [1.29, 1.82) is 0 Å². The number of hydrogen-bond donors (Lipinski definition) is 1. The molecule has 0 spiro atoms. The molecule has 3 aromatic carbocycles. The van der Waals surface area contributed by atoms with E-state index in [1.54, 1.807) is 24.3 Å². The highest BCUT2D eigenvalue weighted by Crippen LogP contribution is 2.34. The number of amidine groups is 1. The molecule has 194 valence electrons. The van der Waals surface area contributed by atoms with Crippen LogP contribution in [-0.2, 0) is 9.59 Å². The Labute approximate surface area is 220 Å². The third-order valence-electron chi connectivity index (χ3n) is 5.52. The molecule has 0 saturated carbocycles. The lowest BCUT2D eigenvalue weighted by molar-refractivity contribution is -0.114. The summed E-state index contributed by atoms with van der Waals surface area (Å²) in [7, 11) is 0. The quantitative estimate of drug-likeness (QED) is 0.404. The monoisotopic (exact) mass is 537 g/mol. The highest BCUT2D eigenvalue weighted by atomic mass is 32.2. The van der Waals surface area contributed by atoms with Gasteiger partial charge in [-0.05, 0) is 67.1 Å². The maximum atomic E-state index is 13.4. The van der Waals surface area contributed by atoms with Crippen LogP contribution in [0.4, 0.5) is 20.2 Å². The van der Waals surface area contributed by atoms with E-state index in [-0.39, 0.29) is 35.8 Å². The average Bonchev–Trinajstić information content (AvgIpc) is 3.48. The third-order valence-corrected chi connectivity index (χ3v) is 6.46. The minimum atomic E-state index is -2.93. The summed E-state index contributed by atoms with van der Waals surface area (Å²) in [6, 6.07) is 18.3. The number of nitrogens with zero attached hydrogens (tertiary/aromatic N) is 2. The number of benzene rings is 3. The highest BCUT2D eigenvalue weighted by molar-refractivity contribution is 8.14. The van der Waals surface area contributed by atoms with Crippen molar-refractivity contribution >= 4 is 46.2 Å². The van der Waals surface area contributed by atoms with Gasteiger partial charge in [0.15, 0.2) is 16.7 Å². The smallest absolute Gasteiger partial charge is 0.387 e. The molecule has 0 bridgehead atoms. The summed E-state index contributed by atoms with van der Waals surface area (Å²) < 4.78 is 39.7. The van der Waals surface area contributed by atoms with E-state index in [4.69, 9.17) is 9.47 Å². The van der Waals surface area contributed by atoms with Gasteiger partial charge >= 0.3 is 6.61 Å². The topological polar surface area (TPSA) is 89.5 Å². The largest absolute Gasteiger partial charge is 0.454 e. The zero-order valence-corrected chi connectivity index (χ0v) is 20.8. The number of rotatable bonds is 7. The Bertz CT molecular complexity index is 1430. The van der Waals surface area contributed by atoms with Crippen molar-refractivity contribution < 1.29 is 32.6 Å². The molecule has 8 nitrogen and oxygen atoms in total. The van der Waals surface area contributed by atoms with Crippen molar-refractivity contribution in [2.45, 2.75) is 13.5 Å². The van der Waals surface area contributed by atoms with Crippen LogP contribution in [0.2, 0.25) is 0 Å². The van der Waals surface area contributed by atoms with Gasteiger partial charge in [-0.25, -0.2) is 4.99 Å². The summed E-state index contributed by atoms with van der Waals surface area (Å²) in [5.41, 5.74) is 3.00. The van der Waals surface area contributed by atoms with Crippen LogP contribution in [0, 0.1) is 6.92 Å². The van der Waals surface area contributed by atoms with Crippen molar-refractivity contribution in [1.82, 2.24) is 0 Å². The van der Waals surface area contributed by atoms with E-state index in [0.717, 1.165) is 17.3 Å². The molecule has 2 aliphatic heterocycles. The maximum Gasteiger partial charge on any atom is 0.387 e. The number of carbonyl (C=O) groups excluding carboxylic acids is 2. The van der Waals surface area contributed by atoms with E-state index in [9.17, 15) is 18.4 Å². The number of hydrogen-bond acceptors (Lipinski definition) is 7. The maximum absolute atomic E-state index is 13.4. The lowest BCUT2D eigenvalue weighted by atomic mass is 10.1. The minimum Gasteiger partial charge on any atom is -0.454 e. The van der Waals surface area contributed by atoms with Crippen molar-refractivity contribution in [3.8, 4) is 17.2 Å². The Kier molecular flexibility index (Phi) is 7.27. The molecule has 2 aliphatic rings. The molecule has 0 radical (unpaired) electrons. The normalized spacial score (nSPS) is 15.3. The van der Waals surface area contributed by atoms with E-state index >= 15 is 0 Å². The van der Waals surface area contributed by atoms with Crippen molar-refractivity contribution in [3.63, 3.8) is 0 Å². The number of carbonyl (C=O) groups is 2. The first-order valence-electron chi connectivity index (χ1n) is 11.4. The molecule has 3 aromatic rings. The predicted molar refractivity (Wildman–Crippen MR) is 141 cm³/mol. The standard InChI is InChI=1S/C27H21F2N3O5S/c1-16-2-7-19(8-3-16)32-25(34)21(12-17-4-11-22-23(13-17)36-15-35-22)31-27(32)38-14-24(33)30-18-5-9-20(10-6-18)37-26(28)29/h2-13,26H,14-15H2,1H3,(H,30,33). The van der Waals surface area contributed by atoms with Gasteiger partial charge in [0.1, 0.15) is 11.4 Å². The number of amides is 2. The second kappa shape index (κ2) is 10.9. The summed E-state index contributed by atoms with van der Waals surface area (Å²) in [5, 5.41) is 3.04. The zero-order chi connectivity index (χ0) is 26.6. The second-order valence-corrected chi connectivity index (χ2v) is 9.19. The Balaban J connectivity index is 1.33. The van der Waals surface area contributed by atoms with Gasteiger partial charge in [-0.15, -0.1) is 0 Å². The van der Waals surface area contributed by atoms with E-state index < -0.39 is 6.61 Å². The van der Waals surface area contributed by atoms with Crippen LogP contribution in [-0.4, -0.2) is 36.1 Å². The molecule has 0 atom stereocenters. The molecule has 38 heavy (non-hydrogen) atoms. The molecule has 0 aromatic heterocycles. The summed E-state index contributed by atoms with van der Waals surface area (Å²) in [4.78, 5) is 32.0. The van der Waals surface area contributed by atoms with Crippen LogP contribution < -0.4 is 24.4 Å². The SMILES string of the molecule is Cc1ccc(N2C(=O)C(=Cc3ccc4c(c3)OCO4)N=C2SCC(=O)Nc2ccc(OC(F)F)cc2)cc1. The number of fused-ring (bicyclic) bond motifs is 1. The number of aliphatic imine (C=N–C) groups is 1. The molecule has 0 unspecified atom stereocenters. The van der Waals surface area contributed by atoms with Gasteiger partial charge in [-0.2, -0.15) is 8.78 Å². The summed E-state index contributed by atoms with van der Waals surface area (Å²) >= 11 is 1.10. The first kappa shape index (κ1) is 25.3. The Hall–Kier alpha value is -4.38. The van der Waals surface area contributed by atoms with Gasteiger partial charge in [0.2, 0.25) is 12.7 Å². The third kappa shape index (κ3) is 5.78. The molecule has 5 rings (SSSR count). The molecular weight excluding hydrogens is 516 g/mol. The number of halogens is 2. The summed E-state index contributed by atoms with van der Waals surface area (Å²) in [5.74, 6) is 0.481. The lowest BCUT2D eigenvalue weighted by Gasteiger charge is -2.18. The van der Waals surface area contributed by atoms with E-state index in [1.807, 2.05) is 31.2 Å². The number of ether oxygens (including phenoxy) is 3. The molecule has 0 saturated heterocycles. The Morgan fingerprint density at radius 3 is 2.58 bits per heavy atom. The van der Waals surface area contributed by atoms with Crippen LogP contribution in [0.3, 0.4) is 0 Å². The van der Waals surface area contributed by atoms with Crippen molar-refractivity contribution in [2.75, 3.05) is 22.8 Å². The predicted octanol–water partition coefficient (Wildman–Crippen LogP) is 5.44. The average molecular weight is 538 g/mol. The Morgan fingerprint density at radius 2 is 1.84 bits per heavy atom. The van der Waals surface area contributed by atoms with E-state index in [2.05, 4.69) is 15.0 Å². The van der Waals surface area contributed by atoms with Gasteiger partial charge < -0.3 is 19.5 Å². The lowest BCUT2D eigenvalue weighted by Crippen LogP contribution is -2.31. The summed E-state index contributed by atoms with van der Waals surface area (Å²) in [6.45, 7) is -0.840. The number of thioether (sulfide) groups is 1. The molecule has 1 N–H and O–H groups in total. The molecule has 2 heterocycles. The van der Waals surface area contributed by atoms with Gasteiger partial charge in [-0.1, -0.05) is 35.5 Å². The van der Waals surface area contributed by atoms with E-state index in [1.165, 1.54) is 29.2 Å². The van der Waals surface area contributed by atoms with Crippen molar-refractivity contribution in [3.05, 3.63) is 83.6 Å². The van der Waals surface area contributed by atoms with Crippen LogP contribution in [0.15, 0.2) is 77.4 Å². The second-order valence-electron chi connectivity index (χ2n) is 8.25. The number of alkyl halides is 2. The number of nitrogens with one attached hydrogen (secondary N) is 1. The van der Waals surface area contributed by atoms with Gasteiger partial charge in [0, 0.05) is 5.69 Å². The van der Waals surface area contributed by atoms with Crippen molar-refractivity contribution in [2.24, 2.45) is 4.99 Å². The fourth-order valence-corrected chi connectivity index (χ4v) is 4.53. The number of anilines is 2. The van der Waals surface area contributed by atoms with Crippen LogP contribution in [0.1, 0.15) is 11.1 Å². The van der Waals surface area contributed by atoms with Gasteiger partial charge in [0.25, 0.3) is 5.91 Å². The fourth-order valence-electron chi connectivity index (χ4n) is 3.72. The first-order valence-corrected chi connectivity index (χ1v) is 12.4. The molecule has 11 heteroatoms. The first-order chi connectivity index (χ1) is 18.4. The van der Waals surface area contributed by atoms with E-state index in [0.29, 0.717) is 33.6 Å². The Morgan fingerprint density at radius 1 is 1.11 bits per heavy atom. The zero-order valence-electron chi connectivity index (χ0n) is 20.0. The molecular formula is C27H21F2N3O5S.